The predicted octanol–water partition coefficient (Wildman–Crippen LogP) is 2.76. The van der Waals surface area contributed by atoms with Gasteiger partial charge < -0.3 is 15.3 Å². The first-order valence-corrected chi connectivity index (χ1v) is 11.7. The van der Waals surface area contributed by atoms with Crippen molar-refractivity contribution in [1.82, 2.24) is 14.9 Å². The lowest BCUT2D eigenvalue weighted by atomic mass is 10.0. The Bertz CT molecular complexity index is 934. The molecule has 32 heavy (non-hydrogen) atoms. The average molecular weight is 459 g/mol. The van der Waals surface area contributed by atoms with E-state index in [1.165, 1.54) is 0 Å². The Morgan fingerprint density at radius 3 is 2.75 bits per heavy atom. The molecule has 2 N–H and O–H groups in total. The summed E-state index contributed by atoms with van der Waals surface area (Å²) in [4.78, 5) is 29.0. The monoisotopic (exact) mass is 458 g/mol. The number of hydrogen-bond acceptors (Lipinski definition) is 7. The number of carbonyl (C=O) groups excluding carboxylic acids is 1. The molecule has 0 aliphatic carbocycles. The number of aliphatic hydroxyl groups is 1. The van der Waals surface area contributed by atoms with Gasteiger partial charge in [-0.2, -0.15) is 0 Å². The Morgan fingerprint density at radius 2 is 2.03 bits per heavy atom. The first-order chi connectivity index (χ1) is 15.6. The van der Waals surface area contributed by atoms with Crippen LogP contribution in [0.25, 0.3) is 0 Å². The number of aliphatic hydroxyl groups excluding tert-OH is 1. The van der Waals surface area contributed by atoms with E-state index in [0.29, 0.717) is 23.9 Å². The van der Waals surface area contributed by atoms with Crippen LogP contribution in [-0.4, -0.2) is 71.3 Å². The number of halogens is 1. The zero-order valence-corrected chi connectivity index (χ0v) is 19.3. The summed E-state index contributed by atoms with van der Waals surface area (Å²) in [6.07, 6.45) is 4.33. The smallest absolute Gasteiger partial charge is 0.250 e. The Kier molecular flexibility index (Phi) is 7.44. The number of amides is 1. The Balaban J connectivity index is 1.67. The van der Waals surface area contributed by atoms with Gasteiger partial charge in [-0.15, -0.1) is 0 Å². The molecule has 2 aliphatic rings. The van der Waals surface area contributed by atoms with Crippen molar-refractivity contribution in [3.05, 3.63) is 41.2 Å². The number of piperazine rings is 1. The lowest BCUT2D eigenvalue weighted by Crippen LogP contribution is -2.50. The maximum absolute atomic E-state index is 13.6. The van der Waals surface area contributed by atoms with Crippen molar-refractivity contribution < 1.29 is 9.90 Å². The van der Waals surface area contributed by atoms with E-state index in [0.717, 1.165) is 62.5 Å². The van der Waals surface area contributed by atoms with Gasteiger partial charge >= 0.3 is 0 Å². The van der Waals surface area contributed by atoms with Crippen LogP contribution in [0.3, 0.4) is 0 Å². The molecule has 172 valence electrons. The van der Waals surface area contributed by atoms with Crippen molar-refractivity contribution in [1.29, 1.82) is 0 Å². The number of nitrogens with one attached hydrogen (secondary N) is 1. The van der Waals surface area contributed by atoms with Gasteiger partial charge in [0, 0.05) is 37.7 Å². The minimum atomic E-state index is -0.300. The standard InChI is InChI=1S/C23H31ClN6O2/c1-2-3-7-19-23(32)30(15-17-5-4-6-18(24)14-17)20-21(27-19)25-16-26-22(20)29-10-8-28(9-11-29)12-13-31/h4-6,14,16,19,31H,2-3,7-13,15H2,1H3,(H,25,26,27)/t19-/m0/s1. The molecular weight excluding hydrogens is 428 g/mol. The number of fused-ring (bicyclic) bond motifs is 1. The third kappa shape index (κ3) is 4.98. The summed E-state index contributed by atoms with van der Waals surface area (Å²) >= 11 is 6.22. The van der Waals surface area contributed by atoms with Gasteiger partial charge in [-0.1, -0.05) is 43.5 Å². The second-order valence-electron chi connectivity index (χ2n) is 8.34. The lowest BCUT2D eigenvalue weighted by Gasteiger charge is -2.40. The van der Waals surface area contributed by atoms with E-state index in [1.54, 1.807) is 6.33 Å². The van der Waals surface area contributed by atoms with Crippen LogP contribution in [0.2, 0.25) is 5.02 Å². The van der Waals surface area contributed by atoms with Gasteiger partial charge in [0.05, 0.1) is 13.2 Å². The quantitative estimate of drug-likeness (QED) is 0.629. The van der Waals surface area contributed by atoms with E-state index < -0.39 is 0 Å². The first kappa shape index (κ1) is 22.8. The summed E-state index contributed by atoms with van der Waals surface area (Å²) in [5.74, 6) is 1.52. The second kappa shape index (κ2) is 10.5. The molecule has 1 fully saturated rings. The molecule has 1 saturated heterocycles. The summed E-state index contributed by atoms with van der Waals surface area (Å²) in [6.45, 7) is 6.62. The number of β-amino-alcohol motifs (C(OH)–C–C–N with tert-alkyl or cyclic N) is 1. The first-order valence-electron chi connectivity index (χ1n) is 11.4. The molecule has 0 saturated carbocycles. The highest BCUT2D eigenvalue weighted by Crippen LogP contribution is 2.39. The van der Waals surface area contributed by atoms with Crippen LogP contribution in [0.1, 0.15) is 31.7 Å². The molecule has 1 amide bonds. The van der Waals surface area contributed by atoms with E-state index in [4.69, 9.17) is 11.6 Å². The molecule has 9 heteroatoms. The molecule has 0 bridgehead atoms. The highest BCUT2D eigenvalue weighted by molar-refractivity contribution is 6.30. The van der Waals surface area contributed by atoms with E-state index >= 15 is 0 Å². The lowest BCUT2D eigenvalue weighted by molar-refractivity contribution is -0.119. The van der Waals surface area contributed by atoms with E-state index in [9.17, 15) is 9.90 Å². The summed E-state index contributed by atoms with van der Waals surface area (Å²) in [6, 6.07) is 7.32. The fourth-order valence-electron chi connectivity index (χ4n) is 4.38. The van der Waals surface area contributed by atoms with Gasteiger partial charge in [-0.3, -0.25) is 14.6 Å². The third-order valence-corrected chi connectivity index (χ3v) is 6.35. The summed E-state index contributed by atoms with van der Waals surface area (Å²) in [5.41, 5.74) is 1.70. The topological polar surface area (TPSA) is 84.8 Å². The SMILES string of the molecule is CCCC[C@@H]1Nc2ncnc(N3CCN(CCO)CC3)c2N(Cc2cccc(Cl)c2)C1=O. The average Bonchev–Trinajstić information content (AvgIpc) is 2.80. The van der Waals surface area contributed by atoms with Gasteiger partial charge in [0.1, 0.15) is 18.1 Å². The van der Waals surface area contributed by atoms with Crippen LogP contribution < -0.4 is 15.1 Å². The molecule has 0 spiro atoms. The van der Waals surface area contributed by atoms with Crippen LogP contribution in [0.4, 0.5) is 17.3 Å². The fraction of sp³-hybridized carbons (Fsp3) is 0.522. The van der Waals surface area contributed by atoms with E-state index in [-0.39, 0.29) is 18.6 Å². The molecule has 1 aromatic heterocycles. The van der Waals surface area contributed by atoms with Crippen molar-refractivity contribution in [2.24, 2.45) is 0 Å². The second-order valence-corrected chi connectivity index (χ2v) is 8.78. The molecule has 0 radical (unpaired) electrons. The van der Waals surface area contributed by atoms with Crippen LogP contribution in [0.15, 0.2) is 30.6 Å². The van der Waals surface area contributed by atoms with Crippen LogP contribution in [-0.2, 0) is 11.3 Å². The number of unbranched alkanes of at least 4 members (excludes halogenated alkanes) is 1. The number of rotatable bonds is 8. The number of aromatic nitrogens is 2. The fourth-order valence-corrected chi connectivity index (χ4v) is 4.60. The summed E-state index contributed by atoms with van der Waals surface area (Å²) < 4.78 is 0. The normalized spacial score (nSPS) is 19.1. The number of nitrogens with zero attached hydrogens (tertiary/aromatic N) is 5. The molecule has 1 aromatic carbocycles. The van der Waals surface area contributed by atoms with Crippen LogP contribution in [0.5, 0.6) is 0 Å². The molecule has 8 nitrogen and oxygen atoms in total. The maximum Gasteiger partial charge on any atom is 0.250 e. The highest BCUT2D eigenvalue weighted by atomic mass is 35.5. The Hall–Kier alpha value is -2.42. The van der Waals surface area contributed by atoms with Gasteiger partial charge in [0.15, 0.2) is 11.6 Å². The van der Waals surface area contributed by atoms with E-state index in [1.807, 2.05) is 29.2 Å². The Morgan fingerprint density at radius 1 is 1.22 bits per heavy atom. The van der Waals surface area contributed by atoms with Gasteiger partial charge in [-0.05, 0) is 24.1 Å². The molecule has 1 atom stereocenters. The molecule has 4 rings (SSSR count). The van der Waals surface area contributed by atoms with Crippen molar-refractivity contribution >= 4 is 34.8 Å². The number of anilines is 3. The van der Waals surface area contributed by atoms with Crippen LogP contribution in [0, 0.1) is 0 Å². The molecule has 2 aliphatic heterocycles. The van der Waals surface area contributed by atoms with Gasteiger partial charge in [0.2, 0.25) is 5.91 Å². The van der Waals surface area contributed by atoms with E-state index in [2.05, 4.69) is 32.0 Å². The predicted molar refractivity (Wildman–Crippen MR) is 127 cm³/mol. The molecule has 3 heterocycles. The van der Waals surface area contributed by atoms with Crippen molar-refractivity contribution in [3.8, 4) is 0 Å². The largest absolute Gasteiger partial charge is 0.395 e. The zero-order chi connectivity index (χ0) is 22.5. The third-order valence-electron chi connectivity index (χ3n) is 6.11. The number of hydrogen-bond donors (Lipinski definition) is 2. The van der Waals surface area contributed by atoms with Gasteiger partial charge in [-0.25, -0.2) is 9.97 Å². The minimum absolute atomic E-state index is 0.0425. The summed E-state index contributed by atoms with van der Waals surface area (Å²) in [7, 11) is 0. The van der Waals surface area contributed by atoms with Gasteiger partial charge in [0.25, 0.3) is 0 Å². The van der Waals surface area contributed by atoms with Crippen molar-refractivity contribution in [3.63, 3.8) is 0 Å². The van der Waals surface area contributed by atoms with Crippen LogP contribution >= 0.6 is 11.6 Å². The Labute approximate surface area is 194 Å². The highest BCUT2D eigenvalue weighted by Gasteiger charge is 2.37. The summed E-state index contributed by atoms with van der Waals surface area (Å²) in [5, 5.41) is 13.3. The zero-order valence-electron chi connectivity index (χ0n) is 18.5. The molecule has 0 unspecified atom stereocenters. The van der Waals surface area contributed by atoms with Crippen molar-refractivity contribution in [2.75, 3.05) is 54.4 Å². The number of benzene rings is 1. The number of carbonyl (C=O) groups is 1. The molecule has 2 aromatic rings. The molecular formula is C23H31ClN6O2. The maximum atomic E-state index is 13.6. The minimum Gasteiger partial charge on any atom is -0.395 e. The van der Waals surface area contributed by atoms with Crippen molar-refractivity contribution in [2.45, 2.75) is 38.8 Å².